The number of hydrogen-bond donors (Lipinski definition) is 1. The van der Waals surface area contributed by atoms with Crippen molar-refractivity contribution in [1.82, 2.24) is 0 Å². The molecule has 1 atom stereocenters. The smallest absolute Gasteiger partial charge is 0.138 e. The van der Waals surface area contributed by atoms with E-state index >= 15 is 0 Å². The summed E-state index contributed by atoms with van der Waals surface area (Å²) in [5.41, 5.74) is 8.85. The van der Waals surface area contributed by atoms with E-state index in [0.717, 1.165) is 16.7 Å². The van der Waals surface area contributed by atoms with Gasteiger partial charge in [-0.1, -0.05) is 41.4 Å². The van der Waals surface area contributed by atoms with Gasteiger partial charge in [0.05, 0.1) is 5.02 Å². The molecular weight excluding hydrogens is 293 g/mol. The summed E-state index contributed by atoms with van der Waals surface area (Å²) in [4.78, 5) is 0. The largest absolute Gasteiger partial charge is 0.487 e. The van der Waals surface area contributed by atoms with Crippen molar-refractivity contribution in [2.24, 2.45) is 5.73 Å². The maximum Gasteiger partial charge on any atom is 0.138 e. The number of benzene rings is 2. The van der Waals surface area contributed by atoms with Gasteiger partial charge < -0.3 is 10.5 Å². The quantitative estimate of drug-likeness (QED) is 0.871. The van der Waals surface area contributed by atoms with Crippen LogP contribution in [0.15, 0.2) is 36.4 Å². The summed E-state index contributed by atoms with van der Waals surface area (Å²) in [6.07, 6.45) is 0. The maximum atomic E-state index is 6.19. The van der Waals surface area contributed by atoms with Gasteiger partial charge in [0.2, 0.25) is 0 Å². The molecule has 0 aliphatic rings. The summed E-state index contributed by atoms with van der Waals surface area (Å²) >= 11 is 12.4. The zero-order valence-corrected chi connectivity index (χ0v) is 13.0. The molecule has 0 saturated carbocycles. The molecule has 0 amide bonds. The van der Waals surface area contributed by atoms with Gasteiger partial charge in [-0.05, 0) is 43.2 Å². The minimum atomic E-state index is -0.0481. The number of rotatable bonds is 4. The second kappa shape index (κ2) is 6.49. The number of nitrogens with two attached hydrogens (primary N) is 1. The molecule has 0 unspecified atom stereocenters. The van der Waals surface area contributed by atoms with E-state index in [4.69, 9.17) is 33.7 Å². The maximum absolute atomic E-state index is 6.19. The Bertz CT molecular complexity index is 611. The predicted molar refractivity (Wildman–Crippen MR) is 84.6 cm³/mol. The van der Waals surface area contributed by atoms with E-state index in [1.54, 1.807) is 0 Å². The molecule has 0 saturated heterocycles. The zero-order valence-electron chi connectivity index (χ0n) is 11.5. The molecule has 2 N–H and O–H groups in total. The average molecular weight is 310 g/mol. The summed E-state index contributed by atoms with van der Waals surface area (Å²) in [6, 6.07) is 11.4. The van der Waals surface area contributed by atoms with Crippen LogP contribution in [0.2, 0.25) is 10.0 Å². The second-order valence-electron chi connectivity index (χ2n) is 4.86. The van der Waals surface area contributed by atoms with Crippen LogP contribution in [0.25, 0.3) is 0 Å². The Labute approximate surface area is 129 Å². The standard InChI is InChI=1S/C16H17Cl2NO/c1-10-3-4-13(14(17)7-10)9-20-16-6-5-12(11(2)19)8-15(16)18/h3-8,11H,9,19H2,1-2H3/t11-/m0/s1. The Kier molecular flexibility index (Phi) is 4.92. The van der Waals surface area contributed by atoms with Crippen molar-refractivity contribution >= 4 is 23.2 Å². The molecule has 0 spiro atoms. The summed E-state index contributed by atoms with van der Waals surface area (Å²) < 4.78 is 5.72. The van der Waals surface area contributed by atoms with Crippen LogP contribution < -0.4 is 10.5 Å². The molecule has 0 heterocycles. The van der Waals surface area contributed by atoms with E-state index in [0.29, 0.717) is 22.4 Å². The highest BCUT2D eigenvalue weighted by molar-refractivity contribution is 6.32. The van der Waals surface area contributed by atoms with Gasteiger partial charge in [0, 0.05) is 16.6 Å². The zero-order chi connectivity index (χ0) is 14.7. The van der Waals surface area contributed by atoms with Gasteiger partial charge in [-0.25, -0.2) is 0 Å². The van der Waals surface area contributed by atoms with Crippen molar-refractivity contribution in [3.05, 3.63) is 63.1 Å². The fraction of sp³-hybridized carbons (Fsp3) is 0.250. The number of ether oxygens (including phenoxy) is 1. The molecule has 0 aromatic heterocycles. The number of halogens is 2. The predicted octanol–water partition coefficient (Wildman–Crippen LogP) is 4.90. The topological polar surface area (TPSA) is 35.2 Å². The molecule has 0 fully saturated rings. The van der Waals surface area contributed by atoms with Crippen LogP contribution in [0.1, 0.15) is 29.7 Å². The van der Waals surface area contributed by atoms with Crippen molar-refractivity contribution < 1.29 is 4.74 Å². The molecule has 0 radical (unpaired) electrons. The van der Waals surface area contributed by atoms with Crippen molar-refractivity contribution in [2.45, 2.75) is 26.5 Å². The van der Waals surface area contributed by atoms with Gasteiger partial charge in [0.25, 0.3) is 0 Å². The third-order valence-corrected chi connectivity index (χ3v) is 3.72. The Morgan fingerprint density at radius 3 is 2.45 bits per heavy atom. The average Bonchev–Trinajstić information content (AvgIpc) is 2.38. The molecule has 20 heavy (non-hydrogen) atoms. The first-order valence-electron chi connectivity index (χ1n) is 6.40. The van der Waals surface area contributed by atoms with Crippen LogP contribution in [0, 0.1) is 6.92 Å². The fourth-order valence-electron chi connectivity index (χ4n) is 1.84. The van der Waals surface area contributed by atoms with Crippen LogP contribution in [0.5, 0.6) is 5.75 Å². The van der Waals surface area contributed by atoms with Crippen LogP contribution in [-0.4, -0.2) is 0 Å². The highest BCUT2D eigenvalue weighted by Gasteiger charge is 2.07. The summed E-state index contributed by atoms with van der Waals surface area (Å²) in [6.45, 7) is 4.30. The first kappa shape index (κ1) is 15.2. The van der Waals surface area contributed by atoms with Crippen molar-refractivity contribution in [3.63, 3.8) is 0 Å². The summed E-state index contributed by atoms with van der Waals surface area (Å²) in [5, 5.41) is 1.26. The van der Waals surface area contributed by atoms with E-state index in [1.807, 2.05) is 50.2 Å². The molecule has 106 valence electrons. The van der Waals surface area contributed by atoms with Crippen LogP contribution >= 0.6 is 23.2 Å². The highest BCUT2D eigenvalue weighted by atomic mass is 35.5. The highest BCUT2D eigenvalue weighted by Crippen LogP contribution is 2.29. The summed E-state index contributed by atoms with van der Waals surface area (Å²) in [5.74, 6) is 0.632. The van der Waals surface area contributed by atoms with Gasteiger partial charge >= 0.3 is 0 Å². The van der Waals surface area contributed by atoms with Crippen LogP contribution in [0.4, 0.5) is 0 Å². The van der Waals surface area contributed by atoms with Gasteiger partial charge in [-0.2, -0.15) is 0 Å². The molecule has 2 nitrogen and oxygen atoms in total. The van der Waals surface area contributed by atoms with Gasteiger partial charge in [0.15, 0.2) is 0 Å². The fourth-order valence-corrected chi connectivity index (χ4v) is 2.38. The van der Waals surface area contributed by atoms with E-state index in [-0.39, 0.29) is 6.04 Å². The monoisotopic (exact) mass is 309 g/mol. The minimum Gasteiger partial charge on any atom is -0.487 e. The normalized spacial score (nSPS) is 12.2. The Hall–Kier alpha value is -1.22. The molecule has 0 aliphatic heterocycles. The van der Waals surface area contributed by atoms with Crippen LogP contribution in [-0.2, 0) is 6.61 Å². The lowest BCUT2D eigenvalue weighted by Gasteiger charge is -2.12. The molecule has 0 bridgehead atoms. The number of aryl methyl sites for hydroxylation is 1. The lowest BCUT2D eigenvalue weighted by atomic mass is 10.1. The van der Waals surface area contributed by atoms with Crippen molar-refractivity contribution in [2.75, 3.05) is 0 Å². The molecule has 2 aromatic rings. The Balaban J connectivity index is 2.11. The lowest BCUT2D eigenvalue weighted by Crippen LogP contribution is -2.05. The Morgan fingerprint density at radius 2 is 1.85 bits per heavy atom. The first-order chi connectivity index (χ1) is 9.47. The van der Waals surface area contributed by atoms with Crippen molar-refractivity contribution in [3.8, 4) is 5.75 Å². The Morgan fingerprint density at radius 1 is 1.10 bits per heavy atom. The molecule has 4 heteroatoms. The van der Waals surface area contributed by atoms with Gasteiger partial charge in [-0.15, -0.1) is 0 Å². The molecular formula is C16H17Cl2NO. The van der Waals surface area contributed by atoms with Crippen LogP contribution in [0.3, 0.4) is 0 Å². The molecule has 2 rings (SSSR count). The second-order valence-corrected chi connectivity index (χ2v) is 5.68. The third-order valence-electron chi connectivity index (χ3n) is 3.07. The SMILES string of the molecule is Cc1ccc(COc2ccc([C@H](C)N)cc2Cl)c(Cl)c1. The van der Waals surface area contributed by atoms with E-state index < -0.39 is 0 Å². The number of hydrogen-bond acceptors (Lipinski definition) is 2. The van der Waals surface area contributed by atoms with Crippen molar-refractivity contribution in [1.29, 1.82) is 0 Å². The summed E-state index contributed by atoms with van der Waals surface area (Å²) in [7, 11) is 0. The van der Waals surface area contributed by atoms with E-state index in [9.17, 15) is 0 Å². The lowest BCUT2D eigenvalue weighted by molar-refractivity contribution is 0.306. The van der Waals surface area contributed by atoms with E-state index in [1.165, 1.54) is 0 Å². The first-order valence-corrected chi connectivity index (χ1v) is 7.16. The molecule has 2 aromatic carbocycles. The third kappa shape index (κ3) is 3.66. The molecule has 0 aliphatic carbocycles. The van der Waals surface area contributed by atoms with Gasteiger partial charge in [-0.3, -0.25) is 0 Å². The minimum absolute atomic E-state index is 0.0481. The van der Waals surface area contributed by atoms with E-state index in [2.05, 4.69) is 0 Å². The van der Waals surface area contributed by atoms with Gasteiger partial charge in [0.1, 0.15) is 12.4 Å².